The molecule has 1 heterocycles. The number of hydrogen-bond acceptors (Lipinski definition) is 3. The van der Waals surface area contributed by atoms with Crippen LogP contribution in [0.25, 0.3) is 0 Å². The van der Waals surface area contributed by atoms with Gasteiger partial charge in [0.25, 0.3) is 0 Å². The molecule has 0 unspecified atom stereocenters. The topological polar surface area (TPSA) is 46.6 Å². The maximum Gasteiger partial charge on any atom is 0.417 e. The molecule has 5 heteroatoms. The molecule has 2 atom stereocenters. The van der Waals surface area contributed by atoms with Crippen LogP contribution in [0.1, 0.15) is 51.3 Å². The van der Waals surface area contributed by atoms with Gasteiger partial charge < -0.3 is 4.74 Å². The van der Waals surface area contributed by atoms with E-state index in [2.05, 4.69) is 0 Å². The van der Waals surface area contributed by atoms with E-state index in [-0.39, 0.29) is 5.91 Å². The molecular formula is C22H24ClNO3. The molecule has 0 saturated carbocycles. The number of likely N-dealkylation sites (tertiary alicyclic amines) is 1. The van der Waals surface area contributed by atoms with E-state index in [0.717, 1.165) is 11.1 Å². The van der Waals surface area contributed by atoms with Crippen molar-refractivity contribution in [1.82, 2.24) is 4.90 Å². The van der Waals surface area contributed by atoms with Crippen LogP contribution >= 0.6 is 11.6 Å². The molecule has 142 valence electrons. The summed E-state index contributed by atoms with van der Waals surface area (Å²) >= 11 is 6.20. The summed E-state index contributed by atoms with van der Waals surface area (Å²) in [6.45, 7) is 7.32. The zero-order valence-corrected chi connectivity index (χ0v) is 16.8. The molecule has 0 bridgehead atoms. The molecule has 0 aliphatic carbocycles. The predicted octanol–water partition coefficient (Wildman–Crippen LogP) is 5.51. The van der Waals surface area contributed by atoms with Crippen molar-refractivity contribution in [2.45, 2.75) is 51.2 Å². The largest absolute Gasteiger partial charge is 0.443 e. The predicted molar refractivity (Wildman–Crippen MR) is 106 cm³/mol. The molecule has 2 aromatic carbocycles. The highest BCUT2D eigenvalue weighted by molar-refractivity contribution is 6.30. The number of imide groups is 1. The molecule has 1 saturated heterocycles. The normalized spacial score (nSPS) is 22.3. The maximum absolute atomic E-state index is 13.3. The van der Waals surface area contributed by atoms with Crippen molar-refractivity contribution in [3.63, 3.8) is 0 Å². The Hall–Kier alpha value is -2.33. The average molecular weight is 386 g/mol. The Kier molecular flexibility index (Phi) is 5.04. The maximum atomic E-state index is 13.3. The molecule has 0 N–H and O–H groups in total. The number of benzene rings is 2. The molecule has 2 amide bonds. The summed E-state index contributed by atoms with van der Waals surface area (Å²) in [5, 5.41) is 0.564. The van der Waals surface area contributed by atoms with Crippen LogP contribution in [0, 0.1) is 0 Å². The van der Waals surface area contributed by atoms with E-state index in [4.69, 9.17) is 16.3 Å². The number of hydrogen-bond donors (Lipinski definition) is 0. The lowest BCUT2D eigenvalue weighted by Crippen LogP contribution is -2.68. The molecule has 27 heavy (non-hydrogen) atoms. The number of rotatable bonds is 3. The molecule has 2 aromatic rings. The van der Waals surface area contributed by atoms with Crippen molar-refractivity contribution >= 4 is 23.6 Å². The van der Waals surface area contributed by atoms with Crippen LogP contribution in [-0.2, 0) is 14.9 Å². The second kappa shape index (κ2) is 7.01. The SMILES string of the molecule is CC[C@@]1(c2ccccc2)C(=O)N(C(=O)OC(C)(C)C)[C@@H]1c1cccc(Cl)c1. The van der Waals surface area contributed by atoms with Gasteiger partial charge in [0.05, 0.1) is 11.5 Å². The first-order chi connectivity index (χ1) is 12.7. The highest BCUT2D eigenvalue weighted by atomic mass is 35.5. The summed E-state index contributed by atoms with van der Waals surface area (Å²) in [5.74, 6) is -0.240. The van der Waals surface area contributed by atoms with Crippen molar-refractivity contribution in [3.8, 4) is 0 Å². The van der Waals surface area contributed by atoms with Crippen LogP contribution < -0.4 is 0 Å². The zero-order chi connectivity index (χ0) is 19.8. The first-order valence-electron chi connectivity index (χ1n) is 9.08. The monoisotopic (exact) mass is 385 g/mol. The fourth-order valence-electron chi connectivity index (χ4n) is 3.78. The molecule has 3 rings (SSSR count). The molecule has 1 fully saturated rings. The Labute approximate surface area is 165 Å². The van der Waals surface area contributed by atoms with E-state index in [0.29, 0.717) is 11.4 Å². The van der Waals surface area contributed by atoms with E-state index in [9.17, 15) is 9.59 Å². The van der Waals surface area contributed by atoms with Crippen LogP contribution in [0.2, 0.25) is 5.02 Å². The Morgan fingerprint density at radius 2 is 1.81 bits per heavy atom. The summed E-state index contributed by atoms with van der Waals surface area (Å²) in [6.07, 6.45) is -0.0655. The van der Waals surface area contributed by atoms with Crippen LogP contribution in [0.5, 0.6) is 0 Å². The Bertz CT molecular complexity index is 859. The van der Waals surface area contributed by atoms with Gasteiger partial charge in [0.1, 0.15) is 5.60 Å². The van der Waals surface area contributed by atoms with Crippen LogP contribution in [0.4, 0.5) is 4.79 Å². The van der Waals surface area contributed by atoms with Gasteiger partial charge in [0, 0.05) is 5.02 Å². The number of β-lactam (4-membered cyclic amide) rings is 1. The third-order valence-corrected chi connectivity index (χ3v) is 5.16. The fraction of sp³-hybridized carbons (Fsp3) is 0.364. The van der Waals surface area contributed by atoms with Crippen molar-refractivity contribution in [2.75, 3.05) is 0 Å². The number of ether oxygens (including phenoxy) is 1. The lowest BCUT2D eigenvalue weighted by atomic mass is 9.62. The van der Waals surface area contributed by atoms with Gasteiger partial charge in [-0.15, -0.1) is 0 Å². The molecule has 0 aromatic heterocycles. The fourth-order valence-corrected chi connectivity index (χ4v) is 3.98. The van der Waals surface area contributed by atoms with Gasteiger partial charge in [-0.2, -0.15) is 0 Å². The Morgan fingerprint density at radius 1 is 1.15 bits per heavy atom. The van der Waals surface area contributed by atoms with E-state index in [1.54, 1.807) is 26.8 Å². The quantitative estimate of drug-likeness (QED) is 0.655. The van der Waals surface area contributed by atoms with Gasteiger partial charge in [-0.05, 0) is 50.5 Å². The van der Waals surface area contributed by atoms with Crippen LogP contribution in [-0.4, -0.2) is 22.5 Å². The minimum Gasteiger partial charge on any atom is -0.443 e. The van der Waals surface area contributed by atoms with Gasteiger partial charge in [0.2, 0.25) is 5.91 Å². The summed E-state index contributed by atoms with van der Waals surface area (Å²) in [6, 6.07) is 16.4. The van der Waals surface area contributed by atoms with Gasteiger partial charge in [-0.25, -0.2) is 9.69 Å². The van der Waals surface area contributed by atoms with Crippen molar-refractivity contribution in [3.05, 3.63) is 70.7 Å². The molecule has 0 spiro atoms. The smallest absolute Gasteiger partial charge is 0.417 e. The molecular weight excluding hydrogens is 362 g/mol. The minimum atomic E-state index is -0.817. The third kappa shape index (κ3) is 3.34. The molecule has 0 radical (unpaired) electrons. The zero-order valence-electron chi connectivity index (χ0n) is 16.0. The summed E-state index contributed by atoms with van der Waals surface area (Å²) in [5.41, 5.74) is 0.206. The molecule has 1 aliphatic heterocycles. The first kappa shape index (κ1) is 19.4. The van der Waals surface area contributed by atoms with Crippen molar-refractivity contribution in [2.24, 2.45) is 0 Å². The summed E-state index contributed by atoms with van der Waals surface area (Å²) in [7, 11) is 0. The van der Waals surface area contributed by atoms with Crippen molar-refractivity contribution < 1.29 is 14.3 Å². The van der Waals surface area contributed by atoms with Gasteiger partial charge in [-0.1, -0.05) is 61.0 Å². The number of nitrogens with zero attached hydrogens (tertiary/aromatic N) is 1. The second-order valence-corrected chi connectivity index (χ2v) is 8.24. The second-order valence-electron chi connectivity index (χ2n) is 7.80. The minimum absolute atomic E-state index is 0.240. The Morgan fingerprint density at radius 3 is 2.37 bits per heavy atom. The number of amides is 2. The van der Waals surface area contributed by atoms with E-state index >= 15 is 0 Å². The third-order valence-electron chi connectivity index (χ3n) is 4.93. The van der Waals surface area contributed by atoms with Gasteiger partial charge >= 0.3 is 6.09 Å². The molecule has 1 aliphatic rings. The van der Waals surface area contributed by atoms with Crippen molar-refractivity contribution in [1.29, 1.82) is 0 Å². The average Bonchev–Trinajstić information content (AvgIpc) is 2.59. The number of carbonyl (C=O) groups is 2. The summed E-state index contributed by atoms with van der Waals surface area (Å²) in [4.78, 5) is 27.3. The Balaban J connectivity index is 2.11. The first-order valence-corrected chi connectivity index (χ1v) is 9.46. The number of carbonyl (C=O) groups excluding carboxylic acids is 2. The van der Waals surface area contributed by atoms with Gasteiger partial charge in [0.15, 0.2) is 0 Å². The van der Waals surface area contributed by atoms with E-state index in [1.165, 1.54) is 4.90 Å². The lowest BCUT2D eigenvalue weighted by molar-refractivity contribution is -0.159. The van der Waals surface area contributed by atoms with Crippen LogP contribution in [0.3, 0.4) is 0 Å². The summed E-state index contributed by atoms with van der Waals surface area (Å²) < 4.78 is 5.50. The molecule has 4 nitrogen and oxygen atoms in total. The standard InChI is InChI=1S/C22H24ClNO3/c1-5-22(16-11-7-6-8-12-16)18(15-10-9-13-17(23)14-15)24(19(22)25)20(26)27-21(2,3)4/h6-14,18H,5H2,1-4H3/t18-,22+/m1/s1. The van der Waals surface area contributed by atoms with Crippen LogP contribution in [0.15, 0.2) is 54.6 Å². The highest BCUT2D eigenvalue weighted by Crippen LogP contribution is 2.54. The van der Waals surface area contributed by atoms with E-state index < -0.39 is 23.2 Å². The number of halogens is 1. The lowest BCUT2D eigenvalue weighted by Gasteiger charge is -2.54. The van der Waals surface area contributed by atoms with Gasteiger partial charge in [-0.3, -0.25) is 4.79 Å². The van der Waals surface area contributed by atoms with E-state index in [1.807, 2.05) is 55.5 Å². The highest BCUT2D eigenvalue weighted by Gasteiger charge is 2.64.